The fourth-order valence-electron chi connectivity index (χ4n) is 2.44. The summed E-state index contributed by atoms with van der Waals surface area (Å²) in [6, 6.07) is 10.6. The SMILES string of the molecule is NC[C@@H]1OCCc2ccc(-c3ccncc3)cc21. The molecule has 1 aliphatic heterocycles. The average Bonchev–Trinajstić information content (AvgIpc) is 2.47. The smallest absolute Gasteiger partial charge is 0.0950 e. The zero-order valence-electron chi connectivity index (χ0n) is 10.2. The van der Waals surface area contributed by atoms with Gasteiger partial charge in [-0.2, -0.15) is 0 Å². The van der Waals surface area contributed by atoms with Gasteiger partial charge in [0.25, 0.3) is 0 Å². The van der Waals surface area contributed by atoms with Crippen LogP contribution in [0.3, 0.4) is 0 Å². The molecule has 3 heteroatoms. The Bertz CT molecular complexity index is 539. The number of fused-ring (bicyclic) bond motifs is 1. The monoisotopic (exact) mass is 240 g/mol. The quantitative estimate of drug-likeness (QED) is 0.876. The van der Waals surface area contributed by atoms with Gasteiger partial charge >= 0.3 is 0 Å². The molecule has 0 aliphatic carbocycles. The number of nitrogens with two attached hydrogens (primary N) is 1. The molecule has 0 saturated heterocycles. The molecule has 1 aliphatic rings. The first-order chi connectivity index (χ1) is 8.88. The summed E-state index contributed by atoms with van der Waals surface area (Å²) in [5, 5.41) is 0. The molecule has 1 aromatic heterocycles. The predicted molar refractivity (Wildman–Crippen MR) is 71.1 cm³/mol. The van der Waals surface area contributed by atoms with E-state index >= 15 is 0 Å². The number of aromatic nitrogens is 1. The van der Waals surface area contributed by atoms with Gasteiger partial charge in [-0.1, -0.05) is 12.1 Å². The molecule has 0 bridgehead atoms. The normalized spacial score (nSPS) is 18.4. The molecule has 1 aromatic carbocycles. The second-order valence-electron chi connectivity index (χ2n) is 4.49. The first-order valence-electron chi connectivity index (χ1n) is 6.23. The molecule has 3 nitrogen and oxygen atoms in total. The Kier molecular flexibility index (Phi) is 3.09. The average molecular weight is 240 g/mol. The van der Waals surface area contributed by atoms with Crippen LogP contribution in [0.1, 0.15) is 17.2 Å². The van der Waals surface area contributed by atoms with Crippen LogP contribution in [0.25, 0.3) is 11.1 Å². The van der Waals surface area contributed by atoms with Gasteiger partial charge in [-0.05, 0) is 46.9 Å². The molecule has 2 heterocycles. The molecule has 0 amide bonds. The largest absolute Gasteiger partial charge is 0.372 e. The maximum atomic E-state index is 5.77. The third kappa shape index (κ3) is 2.03. The van der Waals surface area contributed by atoms with E-state index in [-0.39, 0.29) is 6.10 Å². The summed E-state index contributed by atoms with van der Waals surface area (Å²) >= 11 is 0. The van der Waals surface area contributed by atoms with Crippen molar-refractivity contribution in [3.63, 3.8) is 0 Å². The van der Waals surface area contributed by atoms with E-state index in [1.807, 2.05) is 24.5 Å². The van der Waals surface area contributed by atoms with E-state index in [4.69, 9.17) is 10.5 Å². The Balaban J connectivity index is 2.04. The number of benzene rings is 1. The minimum atomic E-state index is 0.0375. The summed E-state index contributed by atoms with van der Waals surface area (Å²) < 4.78 is 5.71. The molecule has 0 unspecified atom stereocenters. The van der Waals surface area contributed by atoms with E-state index < -0.39 is 0 Å². The lowest BCUT2D eigenvalue weighted by molar-refractivity contribution is 0.0485. The van der Waals surface area contributed by atoms with E-state index in [9.17, 15) is 0 Å². The van der Waals surface area contributed by atoms with Crippen molar-refractivity contribution in [1.29, 1.82) is 0 Å². The minimum Gasteiger partial charge on any atom is -0.372 e. The van der Waals surface area contributed by atoms with Crippen molar-refractivity contribution < 1.29 is 4.74 Å². The molecule has 2 aromatic rings. The van der Waals surface area contributed by atoms with Crippen molar-refractivity contribution >= 4 is 0 Å². The fraction of sp³-hybridized carbons (Fsp3) is 0.267. The molecule has 0 fully saturated rings. The van der Waals surface area contributed by atoms with Crippen molar-refractivity contribution in [2.75, 3.05) is 13.2 Å². The zero-order chi connectivity index (χ0) is 12.4. The maximum absolute atomic E-state index is 5.77. The lowest BCUT2D eigenvalue weighted by atomic mass is 9.93. The van der Waals surface area contributed by atoms with E-state index in [2.05, 4.69) is 23.2 Å². The fourth-order valence-corrected chi connectivity index (χ4v) is 2.44. The molecular formula is C15H16N2O. The van der Waals surface area contributed by atoms with Gasteiger partial charge in [-0.25, -0.2) is 0 Å². The van der Waals surface area contributed by atoms with Gasteiger partial charge in [-0.15, -0.1) is 0 Å². The molecule has 3 rings (SSSR count). The van der Waals surface area contributed by atoms with Crippen molar-refractivity contribution in [2.45, 2.75) is 12.5 Å². The van der Waals surface area contributed by atoms with E-state index in [0.29, 0.717) is 6.54 Å². The molecule has 92 valence electrons. The maximum Gasteiger partial charge on any atom is 0.0950 e. The Labute approximate surface area is 107 Å². The summed E-state index contributed by atoms with van der Waals surface area (Å²) in [7, 11) is 0. The van der Waals surface area contributed by atoms with Gasteiger partial charge in [0.2, 0.25) is 0 Å². The van der Waals surface area contributed by atoms with Crippen molar-refractivity contribution in [3.05, 3.63) is 53.9 Å². The van der Waals surface area contributed by atoms with Crippen LogP contribution in [0.2, 0.25) is 0 Å². The molecule has 0 spiro atoms. The van der Waals surface area contributed by atoms with Gasteiger partial charge in [0.15, 0.2) is 0 Å². The number of rotatable bonds is 2. The van der Waals surface area contributed by atoms with Gasteiger partial charge in [-0.3, -0.25) is 4.98 Å². The van der Waals surface area contributed by atoms with E-state index in [1.165, 1.54) is 22.3 Å². The Hall–Kier alpha value is -1.71. The first-order valence-corrected chi connectivity index (χ1v) is 6.23. The first kappa shape index (κ1) is 11.4. The van der Waals surface area contributed by atoms with E-state index in [0.717, 1.165) is 13.0 Å². The summed E-state index contributed by atoms with van der Waals surface area (Å²) in [5.74, 6) is 0. The Morgan fingerprint density at radius 2 is 2.00 bits per heavy atom. The number of pyridine rings is 1. The van der Waals surface area contributed by atoms with Crippen molar-refractivity contribution in [2.24, 2.45) is 5.73 Å². The highest BCUT2D eigenvalue weighted by Crippen LogP contribution is 2.30. The summed E-state index contributed by atoms with van der Waals surface area (Å²) in [6.45, 7) is 1.30. The minimum absolute atomic E-state index is 0.0375. The number of nitrogens with zero attached hydrogens (tertiary/aromatic N) is 1. The van der Waals surface area contributed by atoms with Gasteiger partial charge in [0.1, 0.15) is 0 Å². The van der Waals surface area contributed by atoms with Gasteiger partial charge < -0.3 is 10.5 Å². The predicted octanol–water partition coefficient (Wildman–Crippen LogP) is 2.32. The number of ether oxygens (including phenoxy) is 1. The summed E-state index contributed by atoms with van der Waals surface area (Å²) in [5.41, 5.74) is 10.7. The van der Waals surface area contributed by atoms with Gasteiger partial charge in [0.05, 0.1) is 12.7 Å². The van der Waals surface area contributed by atoms with Crippen LogP contribution in [0.5, 0.6) is 0 Å². The highest BCUT2D eigenvalue weighted by molar-refractivity contribution is 5.64. The molecular weight excluding hydrogens is 224 g/mol. The third-order valence-corrected chi connectivity index (χ3v) is 3.41. The highest BCUT2D eigenvalue weighted by atomic mass is 16.5. The topological polar surface area (TPSA) is 48.1 Å². The molecule has 0 radical (unpaired) electrons. The van der Waals surface area contributed by atoms with Gasteiger partial charge in [0, 0.05) is 18.9 Å². The van der Waals surface area contributed by atoms with Crippen LogP contribution in [-0.4, -0.2) is 18.1 Å². The number of hydrogen-bond donors (Lipinski definition) is 1. The molecule has 1 atom stereocenters. The highest BCUT2D eigenvalue weighted by Gasteiger charge is 2.19. The molecule has 0 saturated carbocycles. The lowest BCUT2D eigenvalue weighted by Gasteiger charge is -2.25. The van der Waals surface area contributed by atoms with Crippen LogP contribution in [0, 0.1) is 0 Å². The van der Waals surface area contributed by atoms with Crippen LogP contribution in [0.15, 0.2) is 42.7 Å². The van der Waals surface area contributed by atoms with Crippen molar-refractivity contribution in [1.82, 2.24) is 4.98 Å². The zero-order valence-corrected chi connectivity index (χ0v) is 10.2. The Morgan fingerprint density at radius 3 is 2.78 bits per heavy atom. The standard InChI is InChI=1S/C15H16N2O/c16-10-15-14-9-13(11-3-6-17-7-4-11)2-1-12(14)5-8-18-15/h1-4,6-7,9,15H,5,8,10,16H2/t15-/m0/s1. The van der Waals surface area contributed by atoms with Crippen molar-refractivity contribution in [3.8, 4) is 11.1 Å². The summed E-state index contributed by atoms with van der Waals surface area (Å²) in [6.07, 6.45) is 4.63. The third-order valence-electron chi connectivity index (χ3n) is 3.41. The van der Waals surface area contributed by atoms with Crippen LogP contribution >= 0.6 is 0 Å². The second-order valence-corrected chi connectivity index (χ2v) is 4.49. The van der Waals surface area contributed by atoms with Crippen LogP contribution in [-0.2, 0) is 11.2 Å². The molecule has 18 heavy (non-hydrogen) atoms. The number of hydrogen-bond acceptors (Lipinski definition) is 3. The van der Waals surface area contributed by atoms with Crippen LogP contribution in [0.4, 0.5) is 0 Å². The Morgan fingerprint density at radius 1 is 1.17 bits per heavy atom. The second kappa shape index (κ2) is 4.88. The molecule has 2 N–H and O–H groups in total. The van der Waals surface area contributed by atoms with E-state index in [1.54, 1.807) is 0 Å². The van der Waals surface area contributed by atoms with Crippen LogP contribution < -0.4 is 5.73 Å². The summed E-state index contributed by atoms with van der Waals surface area (Å²) in [4.78, 5) is 4.04. The lowest BCUT2D eigenvalue weighted by Crippen LogP contribution is -2.23.